The second-order valence-electron chi connectivity index (χ2n) is 3.75. The molecule has 0 saturated heterocycles. The number of hydrogen-bond donors (Lipinski definition) is 3. The number of aliphatic hydroxyl groups excluding tert-OH is 1. The van der Waals surface area contributed by atoms with E-state index in [4.69, 9.17) is 9.52 Å². The molecule has 15 heavy (non-hydrogen) atoms. The van der Waals surface area contributed by atoms with Crippen LogP contribution in [0.1, 0.15) is 23.4 Å². The normalized spacial score (nSPS) is 17.4. The van der Waals surface area contributed by atoms with Crippen LogP contribution >= 0.6 is 0 Å². The molecule has 5 heteroatoms. The fraction of sp³-hybridized carbons (Fsp3) is 0.500. The summed E-state index contributed by atoms with van der Waals surface area (Å²) in [7, 11) is 0. The number of nitrogens with one attached hydrogen (secondary N) is 1. The van der Waals surface area contributed by atoms with E-state index in [1.165, 1.54) is 6.07 Å². The van der Waals surface area contributed by atoms with Crippen molar-refractivity contribution in [2.45, 2.75) is 18.9 Å². The monoisotopic (exact) mass is 211 g/mol. The van der Waals surface area contributed by atoms with Crippen molar-refractivity contribution in [3.63, 3.8) is 0 Å². The molecular formula is C10H13NO4. The van der Waals surface area contributed by atoms with E-state index in [0.29, 0.717) is 18.3 Å². The number of carboxylic acids is 1. The van der Waals surface area contributed by atoms with E-state index in [-0.39, 0.29) is 11.9 Å². The summed E-state index contributed by atoms with van der Waals surface area (Å²) in [4.78, 5) is 10.5. The van der Waals surface area contributed by atoms with Crippen molar-refractivity contribution in [1.29, 1.82) is 0 Å². The molecule has 3 N–H and O–H groups in total. The first-order valence-electron chi connectivity index (χ1n) is 4.92. The standard InChI is InChI=1S/C10H13NO4/c12-7(6-1-2-6)5-11-9-4-3-8(15-9)10(13)14/h3-4,6-7,11-12H,1-2,5H2,(H,13,14). The number of anilines is 1. The molecule has 1 fully saturated rings. The Balaban J connectivity index is 1.84. The van der Waals surface area contributed by atoms with Crippen LogP contribution in [-0.4, -0.2) is 28.8 Å². The Bertz CT molecular complexity index is 356. The summed E-state index contributed by atoms with van der Waals surface area (Å²) < 4.78 is 4.97. The highest BCUT2D eigenvalue weighted by atomic mass is 16.4. The van der Waals surface area contributed by atoms with E-state index in [1.807, 2.05) is 0 Å². The third-order valence-corrected chi connectivity index (χ3v) is 2.47. The van der Waals surface area contributed by atoms with Gasteiger partial charge >= 0.3 is 5.97 Å². The van der Waals surface area contributed by atoms with Crippen LogP contribution in [0, 0.1) is 5.92 Å². The van der Waals surface area contributed by atoms with Gasteiger partial charge in [-0.25, -0.2) is 4.79 Å². The predicted octanol–water partition coefficient (Wildman–Crippen LogP) is 1.16. The molecule has 1 aromatic heterocycles. The van der Waals surface area contributed by atoms with Crippen molar-refractivity contribution < 1.29 is 19.4 Å². The highest BCUT2D eigenvalue weighted by Gasteiger charge is 2.29. The SMILES string of the molecule is O=C(O)c1ccc(NCC(O)C2CC2)o1. The van der Waals surface area contributed by atoms with E-state index in [1.54, 1.807) is 6.07 Å². The Morgan fingerprint density at radius 3 is 2.87 bits per heavy atom. The number of hydrogen-bond acceptors (Lipinski definition) is 4. The topological polar surface area (TPSA) is 82.7 Å². The van der Waals surface area contributed by atoms with Crippen LogP contribution in [0.2, 0.25) is 0 Å². The maximum Gasteiger partial charge on any atom is 0.371 e. The number of aliphatic hydroxyl groups is 1. The minimum absolute atomic E-state index is 0.0987. The summed E-state index contributed by atoms with van der Waals surface area (Å²) in [6, 6.07) is 2.93. The zero-order valence-corrected chi connectivity index (χ0v) is 8.14. The fourth-order valence-corrected chi connectivity index (χ4v) is 1.40. The Kier molecular flexibility index (Phi) is 2.64. The Morgan fingerprint density at radius 1 is 1.60 bits per heavy atom. The molecule has 1 heterocycles. The van der Waals surface area contributed by atoms with E-state index in [0.717, 1.165) is 12.8 Å². The minimum atomic E-state index is -1.09. The molecule has 1 aliphatic carbocycles. The van der Waals surface area contributed by atoms with Crippen LogP contribution in [0.4, 0.5) is 5.88 Å². The van der Waals surface area contributed by atoms with Gasteiger partial charge in [-0.15, -0.1) is 0 Å². The zero-order valence-electron chi connectivity index (χ0n) is 8.14. The molecule has 0 amide bonds. The first kappa shape index (κ1) is 10.0. The molecule has 0 bridgehead atoms. The second kappa shape index (κ2) is 3.94. The minimum Gasteiger partial charge on any atom is -0.475 e. The van der Waals surface area contributed by atoms with Gasteiger partial charge in [0.1, 0.15) is 0 Å². The van der Waals surface area contributed by atoms with Crippen molar-refractivity contribution >= 4 is 11.9 Å². The highest BCUT2D eigenvalue weighted by molar-refractivity contribution is 5.84. The van der Waals surface area contributed by atoms with E-state index < -0.39 is 5.97 Å². The third-order valence-electron chi connectivity index (χ3n) is 2.47. The van der Waals surface area contributed by atoms with E-state index in [2.05, 4.69) is 5.32 Å². The molecule has 1 unspecified atom stereocenters. The summed E-state index contributed by atoms with van der Waals surface area (Å²) in [6.07, 6.45) is 1.77. The first-order chi connectivity index (χ1) is 7.16. The molecule has 1 aliphatic rings. The van der Waals surface area contributed by atoms with Gasteiger partial charge in [-0.05, 0) is 24.8 Å². The average Bonchev–Trinajstić information content (AvgIpc) is 2.93. The fourth-order valence-electron chi connectivity index (χ4n) is 1.40. The number of carboxylic acid groups (broad SMARTS) is 1. The zero-order chi connectivity index (χ0) is 10.8. The Hall–Kier alpha value is -1.49. The Morgan fingerprint density at radius 2 is 2.33 bits per heavy atom. The maximum absolute atomic E-state index is 10.5. The summed E-state index contributed by atoms with van der Waals surface area (Å²) >= 11 is 0. The molecule has 2 rings (SSSR count). The second-order valence-corrected chi connectivity index (χ2v) is 3.75. The van der Waals surface area contributed by atoms with Gasteiger partial charge in [0, 0.05) is 12.6 Å². The van der Waals surface area contributed by atoms with Gasteiger partial charge in [-0.2, -0.15) is 0 Å². The lowest BCUT2D eigenvalue weighted by Crippen LogP contribution is -2.21. The number of carbonyl (C=O) groups is 1. The van der Waals surface area contributed by atoms with Gasteiger partial charge in [-0.3, -0.25) is 0 Å². The van der Waals surface area contributed by atoms with Gasteiger partial charge in [-0.1, -0.05) is 0 Å². The molecule has 0 aliphatic heterocycles. The summed E-state index contributed by atoms with van der Waals surface area (Å²) in [5.41, 5.74) is 0. The van der Waals surface area contributed by atoms with Crippen molar-refractivity contribution in [1.82, 2.24) is 0 Å². The van der Waals surface area contributed by atoms with Crippen LogP contribution in [0.25, 0.3) is 0 Å². The van der Waals surface area contributed by atoms with Crippen molar-refractivity contribution in [2.24, 2.45) is 5.92 Å². The maximum atomic E-state index is 10.5. The Labute approximate surface area is 86.7 Å². The van der Waals surface area contributed by atoms with Crippen LogP contribution in [-0.2, 0) is 0 Å². The number of rotatable bonds is 5. The predicted molar refractivity (Wildman–Crippen MR) is 52.9 cm³/mol. The molecule has 5 nitrogen and oxygen atoms in total. The van der Waals surface area contributed by atoms with Gasteiger partial charge in [0.25, 0.3) is 0 Å². The molecule has 1 saturated carbocycles. The molecule has 82 valence electrons. The third kappa shape index (κ3) is 2.50. The van der Waals surface area contributed by atoms with Gasteiger partial charge in [0.15, 0.2) is 5.88 Å². The van der Waals surface area contributed by atoms with Crippen LogP contribution in [0.3, 0.4) is 0 Å². The molecule has 0 aromatic carbocycles. The van der Waals surface area contributed by atoms with Crippen LogP contribution in [0.5, 0.6) is 0 Å². The van der Waals surface area contributed by atoms with Gasteiger partial charge in [0.05, 0.1) is 6.10 Å². The lowest BCUT2D eigenvalue weighted by Gasteiger charge is -2.08. The van der Waals surface area contributed by atoms with Gasteiger partial charge < -0.3 is 19.9 Å². The lowest BCUT2D eigenvalue weighted by atomic mass is 10.2. The summed E-state index contributed by atoms with van der Waals surface area (Å²) in [6.45, 7) is 0.400. The smallest absolute Gasteiger partial charge is 0.371 e. The van der Waals surface area contributed by atoms with Gasteiger partial charge in [0.2, 0.25) is 5.76 Å². The first-order valence-corrected chi connectivity index (χ1v) is 4.92. The molecule has 0 radical (unpaired) electrons. The lowest BCUT2D eigenvalue weighted by molar-refractivity contribution is 0.0663. The van der Waals surface area contributed by atoms with Crippen LogP contribution < -0.4 is 5.32 Å². The molecule has 1 aromatic rings. The molecule has 0 spiro atoms. The number of furan rings is 1. The van der Waals surface area contributed by atoms with E-state index in [9.17, 15) is 9.90 Å². The van der Waals surface area contributed by atoms with Crippen molar-refractivity contribution in [2.75, 3.05) is 11.9 Å². The number of aromatic carboxylic acids is 1. The summed E-state index contributed by atoms with van der Waals surface area (Å²) in [5, 5.41) is 21.0. The quantitative estimate of drug-likeness (QED) is 0.680. The highest BCUT2D eigenvalue weighted by Crippen LogP contribution is 2.32. The van der Waals surface area contributed by atoms with Crippen molar-refractivity contribution in [3.05, 3.63) is 17.9 Å². The van der Waals surface area contributed by atoms with Crippen LogP contribution in [0.15, 0.2) is 16.5 Å². The largest absolute Gasteiger partial charge is 0.475 e. The van der Waals surface area contributed by atoms with E-state index >= 15 is 0 Å². The molecular weight excluding hydrogens is 198 g/mol. The molecule has 1 atom stereocenters. The summed E-state index contributed by atoms with van der Waals surface area (Å²) in [5.74, 6) is -0.414. The van der Waals surface area contributed by atoms with Crippen molar-refractivity contribution in [3.8, 4) is 0 Å². The average molecular weight is 211 g/mol.